The molecule has 0 amide bonds. The van der Waals surface area contributed by atoms with Crippen LogP contribution in [-0.4, -0.2) is 24.7 Å². The van der Waals surface area contributed by atoms with Gasteiger partial charge in [0.15, 0.2) is 11.0 Å². The minimum Gasteiger partial charge on any atom is -0.469 e. The SMILES string of the molecule is Cc1cc2c(Sc3nnc(-c4ccoc4C)n3Cc3ccccc3)ncnc2s1. The molecule has 0 spiro atoms. The van der Waals surface area contributed by atoms with Crippen LogP contribution in [0.2, 0.25) is 0 Å². The van der Waals surface area contributed by atoms with Crippen LogP contribution in [0.15, 0.2) is 69.7 Å². The lowest BCUT2D eigenvalue weighted by molar-refractivity contribution is 0.534. The number of rotatable bonds is 5. The smallest absolute Gasteiger partial charge is 0.198 e. The molecule has 0 radical (unpaired) electrons. The Morgan fingerprint density at radius 2 is 1.93 bits per heavy atom. The molecule has 0 atom stereocenters. The Labute approximate surface area is 175 Å². The second-order valence-corrected chi connectivity index (χ2v) is 8.82. The predicted octanol–water partition coefficient (Wildman–Crippen LogP) is 5.36. The zero-order valence-corrected chi connectivity index (χ0v) is 17.5. The van der Waals surface area contributed by atoms with E-state index in [1.54, 1.807) is 23.9 Å². The quantitative estimate of drug-likeness (QED) is 0.357. The zero-order chi connectivity index (χ0) is 19.8. The number of hydrogen-bond donors (Lipinski definition) is 0. The summed E-state index contributed by atoms with van der Waals surface area (Å²) in [5.74, 6) is 1.61. The van der Waals surface area contributed by atoms with Gasteiger partial charge in [-0.2, -0.15) is 0 Å². The molecule has 5 rings (SSSR count). The Bertz CT molecular complexity index is 1290. The first-order chi connectivity index (χ1) is 14.2. The van der Waals surface area contributed by atoms with Crippen molar-refractivity contribution in [1.82, 2.24) is 24.7 Å². The van der Waals surface area contributed by atoms with Gasteiger partial charge in [-0.3, -0.25) is 4.57 Å². The van der Waals surface area contributed by atoms with Gasteiger partial charge in [-0.15, -0.1) is 21.5 Å². The second kappa shape index (κ2) is 7.46. The molecular formula is C21H17N5OS2. The molecule has 8 heteroatoms. The molecule has 5 aromatic rings. The first-order valence-corrected chi connectivity index (χ1v) is 10.7. The van der Waals surface area contributed by atoms with Gasteiger partial charge in [-0.05, 0) is 43.3 Å². The summed E-state index contributed by atoms with van der Waals surface area (Å²) in [5.41, 5.74) is 2.12. The molecule has 0 saturated heterocycles. The van der Waals surface area contributed by atoms with Gasteiger partial charge in [-0.1, -0.05) is 30.3 Å². The van der Waals surface area contributed by atoms with E-state index in [2.05, 4.69) is 49.9 Å². The van der Waals surface area contributed by atoms with Crippen LogP contribution in [0.5, 0.6) is 0 Å². The largest absolute Gasteiger partial charge is 0.469 e. The van der Waals surface area contributed by atoms with Crippen LogP contribution in [0.1, 0.15) is 16.2 Å². The monoisotopic (exact) mass is 419 g/mol. The Kier molecular flexibility index (Phi) is 4.65. The lowest BCUT2D eigenvalue weighted by Gasteiger charge is -2.10. The van der Waals surface area contributed by atoms with Gasteiger partial charge in [0.25, 0.3) is 0 Å². The lowest BCUT2D eigenvalue weighted by Crippen LogP contribution is -2.04. The first-order valence-electron chi connectivity index (χ1n) is 9.09. The Balaban J connectivity index is 1.60. The number of nitrogens with zero attached hydrogens (tertiary/aromatic N) is 5. The van der Waals surface area contributed by atoms with Crippen molar-refractivity contribution < 1.29 is 4.42 Å². The minimum absolute atomic E-state index is 0.660. The van der Waals surface area contributed by atoms with Crippen LogP contribution in [0.25, 0.3) is 21.6 Å². The number of furan rings is 1. The topological polar surface area (TPSA) is 69.6 Å². The second-order valence-electron chi connectivity index (χ2n) is 6.63. The van der Waals surface area contributed by atoms with Crippen molar-refractivity contribution in [2.75, 3.05) is 0 Å². The summed E-state index contributed by atoms with van der Waals surface area (Å²) in [4.78, 5) is 11.1. The third-order valence-corrected chi connectivity index (χ3v) is 6.57. The van der Waals surface area contributed by atoms with E-state index in [1.165, 1.54) is 22.2 Å². The van der Waals surface area contributed by atoms with E-state index >= 15 is 0 Å². The Morgan fingerprint density at radius 1 is 1.07 bits per heavy atom. The molecule has 0 fully saturated rings. The van der Waals surface area contributed by atoms with Crippen molar-refractivity contribution in [3.8, 4) is 11.4 Å². The molecule has 0 saturated carbocycles. The van der Waals surface area contributed by atoms with Crippen molar-refractivity contribution in [3.05, 3.63) is 71.3 Å². The van der Waals surface area contributed by atoms with Crippen LogP contribution in [0.4, 0.5) is 0 Å². The van der Waals surface area contributed by atoms with E-state index in [0.29, 0.717) is 6.54 Å². The molecule has 4 aromatic heterocycles. The lowest BCUT2D eigenvalue weighted by atomic mass is 10.2. The predicted molar refractivity (Wildman–Crippen MR) is 114 cm³/mol. The fraction of sp³-hybridized carbons (Fsp3) is 0.143. The van der Waals surface area contributed by atoms with E-state index in [4.69, 9.17) is 4.42 Å². The van der Waals surface area contributed by atoms with Gasteiger partial charge in [0, 0.05) is 10.3 Å². The van der Waals surface area contributed by atoms with E-state index in [1.807, 2.05) is 31.2 Å². The molecular weight excluding hydrogens is 402 g/mol. The van der Waals surface area contributed by atoms with E-state index in [0.717, 1.165) is 37.5 Å². The van der Waals surface area contributed by atoms with Crippen molar-refractivity contribution >= 4 is 33.3 Å². The average Bonchev–Trinajstić information content (AvgIpc) is 3.42. The molecule has 0 bridgehead atoms. The van der Waals surface area contributed by atoms with Crippen molar-refractivity contribution in [2.45, 2.75) is 30.6 Å². The van der Waals surface area contributed by atoms with Crippen molar-refractivity contribution in [1.29, 1.82) is 0 Å². The summed E-state index contributed by atoms with van der Waals surface area (Å²) >= 11 is 3.18. The molecule has 29 heavy (non-hydrogen) atoms. The summed E-state index contributed by atoms with van der Waals surface area (Å²) in [6.45, 7) is 4.68. The van der Waals surface area contributed by atoms with E-state index in [-0.39, 0.29) is 0 Å². The summed E-state index contributed by atoms with van der Waals surface area (Å²) < 4.78 is 7.62. The third-order valence-electron chi connectivity index (χ3n) is 4.60. The number of thiophene rings is 1. The number of fused-ring (bicyclic) bond motifs is 1. The standard InChI is InChI=1S/C21H17N5OS2/c1-13-10-17-19(28-13)22-12-23-20(17)29-21-25-24-18(16-8-9-27-14(16)2)26(21)11-15-6-4-3-5-7-15/h3-10,12H,11H2,1-2H3. The van der Waals surface area contributed by atoms with Crippen LogP contribution in [0.3, 0.4) is 0 Å². The zero-order valence-electron chi connectivity index (χ0n) is 15.9. The number of hydrogen-bond acceptors (Lipinski definition) is 7. The summed E-state index contributed by atoms with van der Waals surface area (Å²) in [6, 6.07) is 14.4. The van der Waals surface area contributed by atoms with E-state index < -0.39 is 0 Å². The van der Waals surface area contributed by atoms with Crippen LogP contribution in [0, 0.1) is 13.8 Å². The summed E-state index contributed by atoms with van der Waals surface area (Å²) in [7, 11) is 0. The molecule has 1 aromatic carbocycles. The van der Waals surface area contributed by atoms with Gasteiger partial charge >= 0.3 is 0 Å². The Morgan fingerprint density at radius 3 is 2.72 bits per heavy atom. The molecule has 4 heterocycles. The number of aryl methyl sites for hydroxylation is 2. The molecule has 6 nitrogen and oxygen atoms in total. The number of benzene rings is 1. The maximum atomic E-state index is 5.50. The maximum Gasteiger partial charge on any atom is 0.198 e. The average molecular weight is 420 g/mol. The first kappa shape index (κ1) is 18.1. The summed E-state index contributed by atoms with van der Waals surface area (Å²) in [5, 5.41) is 11.7. The normalized spacial score (nSPS) is 11.4. The minimum atomic E-state index is 0.660. The van der Waals surface area contributed by atoms with Crippen molar-refractivity contribution in [3.63, 3.8) is 0 Å². The van der Waals surface area contributed by atoms with Crippen LogP contribution < -0.4 is 0 Å². The van der Waals surface area contributed by atoms with Crippen molar-refractivity contribution in [2.24, 2.45) is 0 Å². The van der Waals surface area contributed by atoms with Crippen LogP contribution in [-0.2, 0) is 6.54 Å². The van der Waals surface area contributed by atoms with Gasteiger partial charge in [0.2, 0.25) is 0 Å². The van der Waals surface area contributed by atoms with E-state index in [9.17, 15) is 0 Å². The van der Waals surface area contributed by atoms with Crippen LogP contribution >= 0.6 is 23.1 Å². The molecule has 0 aliphatic carbocycles. The van der Waals surface area contributed by atoms with Gasteiger partial charge in [-0.25, -0.2) is 9.97 Å². The molecule has 0 unspecified atom stereocenters. The Hall–Kier alpha value is -2.97. The molecule has 0 N–H and O–H groups in total. The number of aromatic nitrogens is 5. The molecule has 0 aliphatic rings. The highest BCUT2D eigenvalue weighted by Crippen LogP contribution is 2.35. The molecule has 0 aliphatic heterocycles. The van der Waals surface area contributed by atoms with Gasteiger partial charge < -0.3 is 4.42 Å². The maximum absolute atomic E-state index is 5.50. The highest BCUT2D eigenvalue weighted by Gasteiger charge is 2.20. The fourth-order valence-electron chi connectivity index (χ4n) is 3.21. The van der Waals surface area contributed by atoms with Gasteiger partial charge in [0.1, 0.15) is 21.9 Å². The third kappa shape index (κ3) is 3.45. The highest BCUT2D eigenvalue weighted by atomic mass is 32.2. The highest BCUT2D eigenvalue weighted by molar-refractivity contribution is 7.99. The summed E-state index contributed by atoms with van der Waals surface area (Å²) in [6.07, 6.45) is 3.29. The fourth-order valence-corrected chi connectivity index (χ4v) is 5.00. The van der Waals surface area contributed by atoms with Gasteiger partial charge in [0.05, 0.1) is 18.4 Å². The molecule has 144 valence electrons.